The van der Waals surface area contributed by atoms with E-state index < -0.39 is 20.9 Å². The van der Waals surface area contributed by atoms with Gasteiger partial charge in [0.25, 0.3) is 11.1 Å². The number of sulfone groups is 1. The molecule has 3 aromatic rings. The van der Waals surface area contributed by atoms with Crippen LogP contribution >= 0.6 is 11.5 Å². The molecule has 0 radical (unpaired) electrons. The van der Waals surface area contributed by atoms with Gasteiger partial charge >= 0.3 is 0 Å². The predicted octanol–water partition coefficient (Wildman–Crippen LogP) is 3.96. The molecule has 37 heavy (non-hydrogen) atoms. The number of rotatable bonds is 11. The molecule has 2 aromatic carbocycles. The number of methoxy groups -OCH3 is 1. The van der Waals surface area contributed by atoms with Crippen LogP contribution < -0.4 is 19.5 Å². The maximum atomic E-state index is 12.5. The maximum Gasteiger partial charge on any atom is 0.268 e. The van der Waals surface area contributed by atoms with Crippen molar-refractivity contribution in [2.24, 2.45) is 0 Å². The van der Waals surface area contributed by atoms with Crippen LogP contribution in [-0.2, 0) is 14.6 Å². The van der Waals surface area contributed by atoms with Crippen LogP contribution in [0.25, 0.3) is 6.08 Å². The van der Waals surface area contributed by atoms with Crippen molar-refractivity contribution in [3.05, 3.63) is 58.7 Å². The number of nitriles is 1. The van der Waals surface area contributed by atoms with Gasteiger partial charge in [0.05, 0.1) is 20.3 Å². The lowest BCUT2D eigenvalue weighted by molar-refractivity contribution is -0.112. The van der Waals surface area contributed by atoms with Crippen molar-refractivity contribution < 1.29 is 27.4 Å². The fourth-order valence-electron chi connectivity index (χ4n) is 3.09. The van der Waals surface area contributed by atoms with E-state index in [9.17, 15) is 18.5 Å². The minimum absolute atomic E-state index is 0.0329. The number of ether oxygens (including phenoxy) is 3. The largest absolute Gasteiger partial charge is 0.493 e. The second-order valence-corrected chi connectivity index (χ2v) is 10.6. The summed E-state index contributed by atoms with van der Waals surface area (Å²) in [7, 11) is -2.11. The highest BCUT2D eigenvalue weighted by Gasteiger charge is 2.18. The predicted molar refractivity (Wildman–Crippen MR) is 140 cm³/mol. The smallest absolute Gasteiger partial charge is 0.268 e. The minimum Gasteiger partial charge on any atom is -0.493 e. The van der Waals surface area contributed by atoms with Gasteiger partial charge in [-0.15, -0.1) is 0 Å². The molecular formula is C25H26N4O6S2. The topological polar surface area (TPSA) is 140 Å². The number of nitrogens with zero attached hydrogens (tertiary/aromatic N) is 3. The van der Waals surface area contributed by atoms with E-state index in [2.05, 4.69) is 14.7 Å². The molecule has 10 nitrogen and oxygen atoms in total. The Labute approximate surface area is 219 Å². The molecule has 0 saturated carbocycles. The molecule has 0 aliphatic carbocycles. The maximum absolute atomic E-state index is 12.5. The molecule has 0 atom stereocenters. The Kier molecular flexibility index (Phi) is 9.21. The van der Waals surface area contributed by atoms with Gasteiger partial charge in [-0.2, -0.15) is 14.6 Å². The average Bonchev–Trinajstić information content (AvgIpc) is 3.34. The summed E-state index contributed by atoms with van der Waals surface area (Å²) in [6.45, 7) is 4.96. The monoisotopic (exact) mass is 542 g/mol. The lowest BCUT2D eigenvalue weighted by Gasteiger charge is -2.13. The molecule has 0 spiro atoms. The van der Waals surface area contributed by atoms with Crippen molar-refractivity contribution in [1.82, 2.24) is 9.36 Å². The van der Waals surface area contributed by atoms with Crippen molar-refractivity contribution in [1.29, 1.82) is 5.26 Å². The van der Waals surface area contributed by atoms with Gasteiger partial charge in [0.1, 0.15) is 17.4 Å². The molecule has 0 fully saturated rings. The Balaban J connectivity index is 1.60. The number of carbonyl (C=O) groups excluding carboxylic acids is 1. The Morgan fingerprint density at radius 2 is 1.86 bits per heavy atom. The Hall–Kier alpha value is -3.95. The van der Waals surface area contributed by atoms with Crippen LogP contribution in [0.2, 0.25) is 0 Å². The molecule has 0 unspecified atom stereocenters. The van der Waals surface area contributed by atoms with Gasteiger partial charge in [0.15, 0.2) is 11.5 Å². The zero-order valence-electron chi connectivity index (χ0n) is 20.8. The molecule has 1 heterocycles. The third kappa shape index (κ3) is 7.52. The van der Waals surface area contributed by atoms with E-state index >= 15 is 0 Å². The molecule has 0 aliphatic heterocycles. The second-order valence-electron chi connectivity index (χ2n) is 7.94. The van der Waals surface area contributed by atoms with E-state index in [1.807, 2.05) is 38.1 Å². The average molecular weight is 543 g/mol. The molecular weight excluding hydrogens is 516 g/mol. The highest BCUT2D eigenvalue weighted by Crippen LogP contribution is 2.29. The first-order valence-corrected chi connectivity index (χ1v) is 13.8. The number of aromatic nitrogens is 2. The third-order valence-electron chi connectivity index (χ3n) is 5.18. The van der Waals surface area contributed by atoms with Crippen molar-refractivity contribution in [3.63, 3.8) is 0 Å². The van der Waals surface area contributed by atoms with Crippen LogP contribution in [0.4, 0.5) is 5.13 Å². The van der Waals surface area contributed by atoms with E-state index in [1.165, 1.54) is 18.7 Å². The van der Waals surface area contributed by atoms with Gasteiger partial charge in [-0.25, -0.2) is 8.42 Å². The molecule has 1 N–H and O–H groups in total. The third-order valence-corrected chi connectivity index (χ3v) is 6.77. The van der Waals surface area contributed by atoms with Crippen LogP contribution in [0, 0.1) is 25.2 Å². The molecule has 12 heteroatoms. The van der Waals surface area contributed by atoms with Crippen molar-refractivity contribution in [3.8, 4) is 23.3 Å². The molecule has 0 aliphatic rings. The summed E-state index contributed by atoms with van der Waals surface area (Å²) in [6.07, 6.45) is 2.99. The van der Waals surface area contributed by atoms with Gasteiger partial charge in [-0.1, -0.05) is 18.2 Å². The van der Waals surface area contributed by atoms with Gasteiger partial charge in [0.2, 0.25) is 15.0 Å². The SMILES string of the molecule is COc1cc(/C=C(/C#N)C(=O)Nc2nc(S(C)(=O)=O)ns2)ccc1OCCCOc1cccc(C)c1C. The fraction of sp³-hybridized carbons (Fsp3) is 0.280. The quantitative estimate of drug-likeness (QED) is 0.216. The van der Waals surface area contributed by atoms with Gasteiger partial charge in [-0.05, 0) is 54.8 Å². The van der Waals surface area contributed by atoms with Gasteiger partial charge in [0, 0.05) is 24.2 Å². The molecule has 1 aromatic heterocycles. The number of carbonyl (C=O) groups is 1. The first kappa shape index (κ1) is 27.6. The Bertz CT molecular complexity index is 1460. The number of anilines is 1. The lowest BCUT2D eigenvalue weighted by atomic mass is 10.1. The summed E-state index contributed by atoms with van der Waals surface area (Å²) in [5, 5.41) is 11.4. The van der Waals surface area contributed by atoms with Crippen molar-refractivity contribution >= 4 is 38.5 Å². The first-order valence-electron chi connectivity index (χ1n) is 11.1. The lowest BCUT2D eigenvalue weighted by Crippen LogP contribution is -2.13. The number of benzene rings is 2. The van der Waals surface area contributed by atoms with E-state index in [4.69, 9.17) is 14.2 Å². The number of nitrogens with one attached hydrogen (secondary N) is 1. The second kappa shape index (κ2) is 12.3. The van der Waals surface area contributed by atoms with E-state index in [-0.39, 0.29) is 10.7 Å². The first-order chi connectivity index (χ1) is 17.6. The van der Waals surface area contributed by atoms with Crippen LogP contribution in [0.1, 0.15) is 23.1 Å². The number of hydrogen-bond donors (Lipinski definition) is 1. The standard InChI is InChI=1S/C25H26N4O6S2/c1-16-7-5-8-20(17(16)2)34-11-6-12-35-21-10-9-18(14-22(21)33-3)13-19(15-26)23(30)27-24-28-25(29-36-24)37(4,31)32/h5,7-10,13-14H,6,11-12H2,1-4H3,(H,27,28,29,30)/b19-13-. The molecule has 0 saturated heterocycles. The van der Waals surface area contributed by atoms with Crippen molar-refractivity contribution in [2.75, 3.05) is 31.9 Å². The van der Waals surface area contributed by atoms with E-state index in [1.54, 1.807) is 18.2 Å². The Morgan fingerprint density at radius 1 is 1.14 bits per heavy atom. The number of aryl methyl sites for hydroxylation is 1. The van der Waals surface area contributed by atoms with Crippen LogP contribution in [-0.4, -0.2) is 50.3 Å². The normalized spacial score (nSPS) is 11.5. The van der Waals surface area contributed by atoms with E-state index in [0.29, 0.717) is 48.2 Å². The zero-order chi connectivity index (χ0) is 27.0. The summed E-state index contributed by atoms with van der Waals surface area (Å²) >= 11 is 0.704. The summed E-state index contributed by atoms with van der Waals surface area (Å²) in [5.41, 5.74) is 2.60. The molecule has 1 amide bonds. The molecule has 194 valence electrons. The fourth-order valence-corrected chi connectivity index (χ4v) is 4.53. The molecule has 3 rings (SSSR count). The number of amides is 1. The highest BCUT2D eigenvalue weighted by molar-refractivity contribution is 7.90. The van der Waals surface area contributed by atoms with Crippen molar-refractivity contribution in [2.45, 2.75) is 25.4 Å². The van der Waals surface area contributed by atoms with Crippen LogP contribution in [0.3, 0.4) is 0 Å². The summed E-state index contributed by atoms with van der Waals surface area (Å²) in [6, 6.07) is 12.8. The zero-order valence-corrected chi connectivity index (χ0v) is 22.4. The van der Waals surface area contributed by atoms with Gasteiger partial charge in [-0.3, -0.25) is 10.1 Å². The van der Waals surface area contributed by atoms with Gasteiger partial charge < -0.3 is 14.2 Å². The summed E-state index contributed by atoms with van der Waals surface area (Å²) in [5.74, 6) is 1.05. The van der Waals surface area contributed by atoms with Crippen LogP contribution in [0.15, 0.2) is 47.1 Å². The summed E-state index contributed by atoms with van der Waals surface area (Å²) in [4.78, 5) is 16.2. The van der Waals surface area contributed by atoms with E-state index in [0.717, 1.165) is 17.6 Å². The van der Waals surface area contributed by atoms with Crippen LogP contribution in [0.5, 0.6) is 17.2 Å². The Morgan fingerprint density at radius 3 is 2.51 bits per heavy atom. The molecule has 0 bridgehead atoms. The summed E-state index contributed by atoms with van der Waals surface area (Å²) < 4.78 is 43.8. The highest BCUT2D eigenvalue weighted by atomic mass is 32.2. The number of hydrogen-bond acceptors (Lipinski definition) is 10. The minimum atomic E-state index is -3.61.